The van der Waals surface area contributed by atoms with E-state index in [0.717, 1.165) is 5.96 Å². The number of hydrogen-bond acceptors (Lipinski definition) is 4. The molecule has 0 bridgehead atoms. The zero-order chi connectivity index (χ0) is 18.4. The summed E-state index contributed by atoms with van der Waals surface area (Å²) in [5, 5.41) is 4.98. The van der Waals surface area contributed by atoms with Crippen LogP contribution in [0, 0.1) is 0 Å². The van der Waals surface area contributed by atoms with Crippen molar-refractivity contribution < 1.29 is 8.42 Å². The van der Waals surface area contributed by atoms with Gasteiger partial charge in [0.2, 0.25) is 0 Å². The molecule has 7 nitrogen and oxygen atoms in total. The molecule has 0 radical (unpaired) electrons. The van der Waals surface area contributed by atoms with Crippen LogP contribution in [0.4, 0.5) is 0 Å². The molecule has 0 unspecified atom stereocenters. The van der Waals surface area contributed by atoms with Crippen molar-refractivity contribution >= 4 is 27.3 Å². The lowest BCUT2D eigenvalue weighted by molar-refractivity contribution is 0.444. The molecule has 138 valence electrons. The molecule has 0 fully saturated rings. The number of aryl methyl sites for hydroxylation is 1. The highest BCUT2D eigenvalue weighted by molar-refractivity contribution is 7.91. The van der Waals surface area contributed by atoms with Crippen LogP contribution in [0.15, 0.2) is 45.0 Å². The Morgan fingerprint density at radius 1 is 1.32 bits per heavy atom. The highest BCUT2D eigenvalue weighted by atomic mass is 32.2. The van der Waals surface area contributed by atoms with E-state index < -0.39 is 10.0 Å². The highest BCUT2D eigenvalue weighted by Crippen LogP contribution is 2.19. The highest BCUT2D eigenvalue weighted by Gasteiger charge is 2.21. The van der Waals surface area contributed by atoms with Crippen LogP contribution >= 0.6 is 11.3 Å². The van der Waals surface area contributed by atoms with Gasteiger partial charge in [-0.05, 0) is 23.6 Å². The number of likely N-dealkylation sites (N-methyl/N-ethyl adjacent to an activating group) is 1. The molecule has 25 heavy (non-hydrogen) atoms. The summed E-state index contributed by atoms with van der Waals surface area (Å²) < 4.78 is 28.6. The Labute approximate surface area is 153 Å². The monoisotopic (exact) mass is 383 g/mol. The van der Waals surface area contributed by atoms with Gasteiger partial charge in [-0.1, -0.05) is 6.07 Å². The van der Waals surface area contributed by atoms with Gasteiger partial charge in [0.05, 0.1) is 6.54 Å². The maximum absolute atomic E-state index is 12.4. The first-order valence-electron chi connectivity index (χ1n) is 7.88. The number of thiophene rings is 1. The van der Waals surface area contributed by atoms with Gasteiger partial charge >= 0.3 is 0 Å². The third kappa shape index (κ3) is 4.83. The van der Waals surface area contributed by atoms with Gasteiger partial charge in [0.1, 0.15) is 4.21 Å². The standard InChI is InChI=1S/C16H25N5O2S2/c1-17-16(20(3)13-14-7-5-10-19(14)2)18-9-11-21(4)25(22,23)15-8-6-12-24-15/h5-8,10,12H,9,11,13H2,1-4H3,(H,17,18). The van der Waals surface area contributed by atoms with Gasteiger partial charge in [-0.25, -0.2) is 8.42 Å². The van der Waals surface area contributed by atoms with Crippen LogP contribution in [-0.2, 0) is 23.6 Å². The van der Waals surface area contributed by atoms with Crippen LogP contribution in [0.25, 0.3) is 0 Å². The van der Waals surface area contributed by atoms with Gasteiger partial charge in [0.25, 0.3) is 10.0 Å². The second-order valence-corrected chi connectivity index (χ2v) is 8.92. The second kappa shape index (κ2) is 8.50. The lowest BCUT2D eigenvalue weighted by atomic mass is 10.4. The van der Waals surface area contributed by atoms with Crippen LogP contribution in [-0.4, -0.2) is 62.4 Å². The molecule has 2 aromatic rings. The SMILES string of the molecule is CN=C(NCCN(C)S(=O)(=O)c1cccs1)N(C)Cc1cccn1C. The van der Waals surface area contributed by atoms with Gasteiger partial charge in [0.15, 0.2) is 5.96 Å². The lowest BCUT2D eigenvalue weighted by Crippen LogP contribution is -2.42. The Bertz CT molecular complexity index is 796. The van der Waals surface area contributed by atoms with Crippen molar-refractivity contribution in [3.05, 3.63) is 41.5 Å². The molecule has 0 saturated carbocycles. The van der Waals surface area contributed by atoms with E-state index in [1.165, 1.54) is 21.3 Å². The second-order valence-electron chi connectivity index (χ2n) is 5.70. The Balaban J connectivity index is 1.87. The van der Waals surface area contributed by atoms with Gasteiger partial charge < -0.3 is 14.8 Å². The average Bonchev–Trinajstić information content (AvgIpc) is 3.24. The summed E-state index contributed by atoms with van der Waals surface area (Å²) in [6.07, 6.45) is 2.00. The molecule has 2 heterocycles. The molecule has 0 saturated heterocycles. The van der Waals surface area contributed by atoms with Crippen molar-refractivity contribution in [3.8, 4) is 0 Å². The van der Waals surface area contributed by atoms with Gasteiger partial charge in [0, 0.05) is 53.2 Å². The largest absolute Gasteiger partial charge is 0.355 e. The minimum absolute atomic E-state index is 0.358. The third-order valence-corrected chi connectivity index (χ3v) is 7.12. The molecule has 0 amide bonds. The number of aromatic nitrogens is 1. The van der Waals surface area contributed by atoms with E-state index in [1.54, 1.807) is 31.6 Å². The lowest BCUT2D eigenvalue weighted by Gasteiger charge is -2.23. The summed E-state index contributed by atoms with van der Waals surface area (Å²) in [6.45, 7) is 1.55. The fourth-order valence-electron chi connectivity index (χ4n) is 2.37. The first kappa shape index (κ1) is 19.5. The topological polar surface area (TPSA) is 69.9 Å². The van der Waals surface area contributed by atoms with E-state index in [9.17, 15) is 8.42 Å². The summed E-state index contributed by atoms with van der Waals surface area (Å²) in [4.78, 5) is 6.27. The first-order chi connectivity index (χ1) is 11.9. The van der Waals surface area contributed by atoms with Crippen LogP contribution in [0.5, 0.6) is 0 Å². The van der Waals surface area contributed by atoms with Crippen LogP contribution in [0.3, 0.4) is 0 Å². The number of guanidine groups is 1. The van der Waals surface area contributed by atoms with Crippen LogP contribution in [0.2, 0.25) is 0 Å². The summed E-state index contributed by atoms with van der Waals surface area (Å²) in [5.74, 6) is 0.725. The molecule has 2 aromatic heterocycles. The van der Waals surface area contributed by atoms with Gasteiger partial charge in [-0.2, -0.15) is 4.31 Å². The normalized spacial score (nSPS) is 12.6. The minimum atomic E-state index is -3.41. The molecule has 0 aliphatic heterocycles. The van der Waals surface area contributed by atoms with Crippen molar-refractivity contribution in [1.82, 2.24) is 19.1 Å². The molecule has 1 N–H and O–H groups in total. The number of hydrogen-bond donors (Lipinski definition) is 1. The smallest absolute Gasteiger partial charge is 0.252 e. The summed E-state index contributed by atoms with van der Waals surface area (Å²) in [7, 11) is 3.85. The predicted octanol–water partition coefficient (Wildman–Crippen LogP) is 1.41. The van der Waals surface area contributed by atoms with Crippen molar-refractivity contribution in [2.45, 2.75) is 10.8 Å². The van der Waals surface area contributed by atoms with E-state index in [4.69, 9.17) is 0 Å². The fraction of sp³-hybridized carbons (Fsp3) is 0.438. The Hall–Kier alpha value is -1.84. The number of nitrogens with zero attached hydrogens (tertiary/aromatic N) is 4. The Morgan fingerprint density at radius 2 is 2.08 bits per heavy atom. The maximum Gasteiger partial charge on any atom is 0.252 e. The van der Waals surface area contributed by atoms with E-state index in [2.05, 4.69) is 20.9 Å². The minimum Gasteiger partial charge on any atom is -0.355 e. The molecule has 2 rings (SSSR count). The molecular formula is C16H25N5O2S2. The summed E-state index contributed by atoms with van der Waals surface area (Å²) in [5.41, 5.74) is 1.17. The van der Waals surface area contributed by atoms with Crippen molar-refractivity contribution in [1.29, 1.82) is 0 Å². The van der Waals surface area contributed by atoms with Gasteiger partial charge in [-0.15, -0.1) is 11.3 Å². The quantitative estimate of drug-likeness (QED) is 0.580. The zero-order valence-electron chi connectivity index (χ0n) is 15.0. The van der Waals surface area contributed by atoms with Crippen molar-refractivity contribution in [2.24, 2.45) is 12.0 Å². The third-order valence-electron chi connectivity index (χ3n) is 3.89. The Morgan fingerprint density at radius 3 is 2.64 bits per heavy atom. The molecule has 0 aliphatic carbocycles. The van der Waals surface area contributed by atoms with E-state index >= 15 is 0 Å². The number of sulfonamides is 1. The fourth-order valence-corrected chi connectivity index (χ4v) is 4.75. The average molecular weight is 384 g/mol. The number of nitrogens with one attached hydrogen (secondary N) is 1. The predicted molar refractivity (Wildman–Crippen MR) is 102 cm³/mol. The molecule has 9 heteroatoms. The van der Waals surface area contributed by atoms with Crippen LogP contribution in [0.1, 0.15) is 5.69 Å². The summed E-state index contributed by atoms with van der Waals surface area (Å²) in [6, 6.07) is 7.43. The molecule has 0 atom stereocenters. The summed E-state index contributed by atoms with van der Waals surface area (Å²) >= 11 is 1.23. The first-order valence-corrected chi connectivity index (χ1v) is 10.2. The maximum atomic E-state index is 12.4. The molecular weight excluding hydrogens is 358 g/mol. The molecule has 0 aromatic carbocycles. The number of rotatable bonds is 7. The van der Waals surface area contributed by atoms with Gasteiger partial charge in [-0.3, -0.25) is 4.99 Å². The van der Waals surface area contributed by atoms with Crippen molar-refractivity contribution in [2.75, 3.05) is 34.2 Å². The molecule has 0 spiro atoms. The van der Waals surface area contributed by atoms with E-state index in [1.807, 2.05) is 31.3 Å². The van der Waals surface area contributed by atoms with E-state index in [-0.39, 0.29) is 0 Å². The Kier molecular flexibility index (Phi) is 6.63. The zero-order valence-corrected chi connectivity index (χ0v) is 16.6. The van der Waals surface area contributed by atoms with E-state index in [0.29, 0.717) is 23.8 Å². The number of aliphatic imine (C=N–C) groups is 1. The van der Waals surface area contributed by atoms with Crippen LogP contribution < -0.4 is 5.32 Å². The van der Waals surface area contributed by atoms with Crippen molar-refractivity contribution in [3.63, 3.8) is 0 Å². The molecule has 0 aliphatic rings.